The van der Waals surface area contributed by atoms with Crippen molar-refractivity contribution in [2.24, 2.45) is 5.92 Å². The van der Waals surface area contributed by atoms with Crippen molar-refractivity contribution in [2.75, 3.05) is 5.32 Å². The minimum atomic E-state index is -0.611. The summed E-state index contributed by atoms with van der Waals surface area (Å²) in [7, 11) is 0. The molecule has 7 heteroatoms. The Bertz CT molecular complexity index is 648. The van der Waals surface area contributed by atoms with Gasteiger partial charge in [0.15, 0.2) is 0 Å². The predicted molar refractivity (Wildman–Crippen MR) is 93.7 cm³/mol. The van der Waals surface area contributed by atoms with Crippen LogP contribution in [0.25, 0.3) is 0 Å². The molecule has 128 valence electrons. The van der Waals surface area contributed by atoms with Crippen LogP contribution in [0.15, 0.2) is 29.4 Å². The van der Waals surface area contributed by atoms with Gasteiger partial charge in [-0.25, -0.2) is 4.98 Å². The number of hydrogen-bond acceptors (Lipinski definition) is 4. The average Bonchev–Trinajstić information content (AvgIpc) is 3.29. The van der Waals surface area contributed by atoms with E-state index < -0.39 is 6.04 Å². The number of hydrogen-bond donors (Lipinski definition) is 3. The summed E-state index contributed by atoms with van der Waals surface area (Å²) in [5.41, 5.74) is 1.58. The van der Waals surface area contributed by atoms with Crippen molar-refractivity contribution in [1.82, 2.24) is 15.3 Å². The standard InChI is InChI=1S/C17H22N4O2S/c22-16(12-4-2-1-3-5-12)21-15(8-14-9-18-11-19-14)17(23)20-13-6-7-24-10-13/h6-7,9-12,15H,1-5,8H2,(H,18,19)(H,20,23)(H,21,22)/t15-/m1/s1. The summed E-state index contributed by atoms with van der Waals surface area (Å²) >= 11 is 1.52. The molecule has 24 heavy (non-hydrogen) atoms. The Morgan fingerprint density at radius 1 is 1.33 bits per heavy atom. The molecule has 1 aliphatic rings. The first-order valence-electron chi connectivity index (χ1n) is 8.33. The number of carbonyl (C=O) groups is 2. The van der Waals surface area contributed by atoms with E-state index in [0.29, 0.717) is 6.42 Å². The maximum atomic E-state index is 12.6. The average molecular weight is 346 g/mol. The summed E-state index contributed by atoms with van der Waals surface area (Å²) in [4.78, 5) is 32.1. The van der Waals surface area contributed by atoms with Crippen molar-refractivity contribution in [3.8, 4) is 0 Å². The molecule has 0 aliphatic heterocycles. The summed E-state index contributed by atoms with van der Waals surface area (Å²) in [6.07, 6.45) is 8.84. The Labute approximate surface area is 145 Å². The molecule has 3 rings (SSSR count). The number of aromatic amines is 1. The van der Waals surface area contributed by atoms with Crippen LogP contribution in [-0.4, -0.2) is 27.8 Å². The van der Waals surface area contributed by atoms with Gasteiger partial charge < -0.3 is 15.6 Å². The summed E-state index contributed by atoms with van der Waals surface area (Å²) in [5.74, 6) is -0.191. The second-order valence-electron chi connectivity index (χ2n) is 6.18. The minimum absolute atomic E-state index is 0.0142. The highest BCUT2D eigenvalue weighted by Crippen LogP contribution is 2.24. The van der Waals surface area contributed by atoms with Gasteiger partial charge in [0.2, 0.25) is 11.8 Å². The van der Waals surface area contributed by atoms with Crippen LogP contribution in [0.1, 0.15) is 37.8 Å². The van der Waals surface area contributed by atoms with E-state index in [1.54, 1.807) is 12.5 Å². The molecular weight excluding hydrogens is 324 g/mol. The van der Waals surface area contributed by atoms with Crippen molar-refractivity contribution in [2.45, 2.75) is 44.6 Å². The minimum Gasteiger partial charge on any atom is -0.348 e. The number of nitrogens with zero attached hydrogens (tertiary/aromatic N) is 1. The fourth-order valence-corrected chi connectivity index (χ4v) is 3.63. The van der Waals surface area contributed by atoms with Crippen LogP contribution in [0.3, 0.4) is 0 Å². The molecule has 1 fully saturated rings. The van der Waals surface area contributed by atoms with Crippen LogP contribution in [0.4, 0.5) is 5.69 Å². The van der Waals surface area contributed by atoms with Gasteiger partial charge in [-0.1, -0.05) is 19.3 Å². The molecule has 1 saturated carbocycles. The number of carbonyl (C=O) groups excluding carboxylic acids is 2. The van der Waals surface area contributed by atoms with E-state index in [0.717, 1.165) is 37.1 Å². The van der Waals surface area contributed by atoms with E-state index >= 15 is 0 Å². The second-order valence-corrected chi connectivity index (χ2v) is 6.96. The molecule has 2 aromatic rings. The molecular formula is C17H22N4O2S. The molecule has 1 atom stereocenters. The Morgan fingerprint density at radius 3 is 2.83 bits per heavy atom. The molecule has 0 aromatic carbocycles. The third kappa shape index (κ3) is 4.44. The van der Waals surface area contributed by atoms with Crippen LogP contribution >= 0.6 is 11.3 Å². The molecule has 0 unspecified atom stereocenters. The third-order valence-corrected chi connectivity index (χ3v) is 5.06. The van der Waals surface area contributed by atoms with E-state index in [9.17, 15) is 9.59 Å². The molecule has 0 bridgehead atoms. The van der Waals surface area contributed by atoms with E-state index in [1.807, 2.05) is 16.8 Å². The van der Waals surface area contributed by atoms with Crippen LogP contribution in [0.5, 0.6) is 0 Å². The van der Waals surface area contributed by atoms with Gasteiger partial charge in [0.1, 0.15) is 6.04 Å². The normalized spacial score (nSPS) is 16.5. The van der Waals surface area contributed by atoms with Crippen LogP contribution in [0.2, 0.25) is 0 Å². The predicted octanol–water partition coefficient (Wildman–Crippen LogP) is 2.72. The molecule has 6 nitrogen and oxygen atoms in total. The number of nitrogens with one attached hydrogen (secondary N) is 3. The quantitative estimate of drug-likeness (QED) is 0.751. The number of H-pyrrole nitrogens is 1. The van der Waals surface area contributed by atoms with Gasteiger partial charge in [-0.15, -0.1) is 0 Å². The third-order valence-electron chi connectivity index (χ3n) is 4.38. The number of anilines is 1. The molecule has 2 aromatic heterocycles. The smallest absolute Gasteiger partial charge is 0.247 e. The van der Waals surface area contributed by atoms with E-state index in [-0.39, 0.29) is 17.7 Å². The first kappa shape index (κ1) is 16.7. The summed E-state index contributed by atoms with van der Waals surface area (Å²) in [6, 6.07) is 1.23. The topological polar surface area (TPSA) is 86.9 Å². The zero-order valence-electron chi connectivity index (χ0n) is 13.5. The number of imidazole rings is 1. The Kier molecular flexibility index (Phi) is 5.63. The molecule has 2 heterocycles. The van der Waals surface area contributed by atoms with E-state index in [1.165, 1.54) is 17.8 Å². The zero-order valence-corrected chi connectivity index (χ0v) is 14.3. The number of amides is 2. The summed E-state index contributed by atoms with van der Waals surface area (Å²) in [6.45, 7) is 0. The van der Waals surface area contributed by atoms with Gasteiger partial charge in [-0.3, -0.25) is 9.59 Å². The lowest BCUT2D eigenvalue weighted by molar-refractivity contribution is -0.130. The molecule has 0 spiro atoms. The first-order chi connectivity index (χ1) is 11.7. The fraction of sp³-hybridized carbons (Fsp3) is 0.471. The monoisotopic (exact) mass is 346 g/mol. The Morgan fingerprint density at radius 2 is 2.17 bits per heavy atom. The number of thiophene rings is 1. The number of aromatic nitrogens is 2. The van der Waals surface area contributed by atoms with Gasteiger partial charge in [0.25, 0.3) is 0 Å². The highest BCUT2D eigenvalue weighted by Gasteiger charge is 2.27. The highest BCUT2D eigenvalue weighted by atomic mass is 32.1. The van der Waals surface area contributed by atoms with Crippen LogP contribution in [-0.2, 0) is 16.0 Å². The van der Waals surface area contributed by atoms with Gasteiger partial charge in [-0.05, 0) is 24.3 Å². The Hall–Kier alpha value is -2.15. The molecule has 0 saturated heterocycles. The molecule has 3 N–H and O–H groups in total. The summed E-state index contributed by atoms with van der Waals surface area (Å²) in [5, 5.41) is 9.58. The molecule has 2 amide bonds. The fourth-order valence-electron chi connectivity index (χ4n) is 3.04. The lowest BCUT2D eigenvalue weighted by atomic mass is 9.88. The zero-order chi connectivity index (χ0) is 16.8. The van der Waals surface area contributed by atoms with Gasteiger partial charge in [0, 0.05) is 29.6 Å². The van der Waals surface area contributed by atoms with Crippen molar-refractivity contribution in [1.29, 1.82) is 0 Å². The van der Waals surface area contributed by atoms with Crippen molar-refractivity contribution in [3.63, 3.8) is 0 Å². The number of rotatable bonds is 6. The van der Waals surface area contributed by atoms with Crippen molar-refractivity contribution >= 4 is 28.8 Å². The van der Waals surface area contributed by atoms with Crippen LogP contribution < -0.4 is 10.6 Å². The van der Waals surface area contributed by atoms with Crippen LogP contribution in [0, 0.1) is 5.92 Å². The van der Waals surface area contributed by atoms with Gasteiger partial charge >= 0.3 is 0 Å². The lowest BCUT2D eigenvalue weighted by Crippen LogP contribution is -2.47. The maximum absolute atomic E-state index is 12.6. The molecule has 1 aliphatic carbocycles. The Balaban J connectivity index is 1.66. The van der Waals surface area contributed by atoms with Crippen molar-refractivity contribution in [3.05, 3.63) is 35.0 Å². The van der Waals surface area contributed by atoms with E-state index in [2.05, 4.69) is 20.6 Å². The SMILES string of the molecule is O=C(N[C@H](Cc1cnc[nH]1)C(=O)Nc1ccsc1)C1CCCCC1. The maximum Gasteiger partial charge on any atom is 0.247 e. The largest absolute Gasteiger partial charge is 0.348 e. The van der Waals surface area contributed by atoms with E-state index in [4.69, 9.17) is 0 Å². The summed E-state index contributed by atoms with van der Waals surface area (Å²) < 4.78 is 0. The van der Waals surface area contributed by atoms with Crippen molar-refractivity contribution < 1.29 is 9.59 Å². The van der Waals surface area contributed by atoms with Gasteiger partial charge in [-0.2, -0.15) is 11.3 Å². The second kappa shape index (κ2) is 8.10. The first-order valence-corrected chi connectivity index (χ1v) is 9.27. The molecule has 0 radical (unpaired) electrons. The van der Waals surface area contributed by atoms with Gasteiger partial charge in [0.05, 0.1) is 12.0 Å². The lowest BCUT2D eigenvalue weighted by Gasteiger charge is -2.24. The highest BCUT2D eigenvalue weighted by molar-refractivity contribution is 7.08.